The zero-order valence-corrected chi connectivity index (χ0v) is 15.8. The van der Waals surface area contributed by atoms with E-state index >= 15 is 0 Å². The molecule has 0 radical (unpaired) electrons. The van der Waals surface area contributed by atoms with Crippen molar-refractivity contribution in [2.45, 2.75) is 62.3 Å². The SMILES string of the molecule is CC(=O)Nc1ccc(C(=O)C(C)Sc2nnc(C3CCCCC3)o2)cc1. The normalized spacial score (nSPS) is 16.2. The van der Waals surface area contributed by atoms with Gasteiger partial charge in [0.05, 0.1) is 5.25 Å². The number of aromatic nitrogens is 2. The first-order valence-corrected chi connectivity index (χ1v) is 9.83. The number of nitrogens with zero attached hydrogens (tertiary/aromatic N) is 2. The first kappa shape index (κ1) is 18.6. The van der Waals surface area contributed by atoms with E-state index in [9.17, 15) is 9.59 Å². The van der Waals surface area contributed by atoms with Crippen LogP contribution in [0.2, 0.25) is 0 Å². The van der Waals surface area contributed by atoms with Crippen LogP contribution in [0.3, 0.4) is 0 Å². The molecule has 3 rings (SSSR count). The molecule has 0 aliphatic heterocycles. The van der Waals surface area contributed by atoms with Crippen LogP contribution < -0.4 is 5.32 Å². The predicted octanol–water partition coefficient (Wildman–Crippen LogP) is 4.44. The molecule has 1 aromatic carbocycles. The lowest BCUT2D eigenvalue weighted by Crippen LogP contribution is -2.13. The standard InChI is InChI=1S/C19H23N3O3S/c1-12(17(24)14-8-10-16(11-9-14)20-13(2)23)26-19-22-21-18(25-19)15-6-4-3-5-7-15/h8-12,15H,3-7H2,1-2H3,(H,20,23). The minimum Gasteiger partial charge on any atom is -0.416 e. The monoisotopic (exact) mass is 373 g/mol. The summed E-state index contributed by atoms with van der Waals surface area (Å²) >= 11 is 1.29. The van der Waals surface area contributed by atoms with E-state index in [4.69, 9.17) is 4.42 Å². The van der Waals surface area contributed by atoms with Gasteiger partial charge < -0.3 is 9.73 Å². The van der Waals surface area contributed by atoms with Crippen molar-refractivity contribution in [3.8, 4) is 0 Å². The molecule has 1 amide bonds. The molecule has 1 fully saturated rings. The van der Waals surface area contributed by atoms with Gasteiger partial charge in [0.1, 0.15) is 0 Å². The van der Waals surface area contributed by atoms with E-state index in [1.165, 1.54) is 37.9 Å². The van der Waals surface area contributed by atoms with E-state index in [1.54, 1.807) is 24.3 Å². The first-order chi connectivity index (χ1) is 12.5. The van der Waals surface area contributed by atoms with Crippen LogP contribution in [0.1, 0.15) is 68.1 Å². The average Bonchev–Trinajstić information content (AvgIpc) is 3.10. The van der Waals surface area contributed by atoms with Crippen LogP contribution in [-0.4, -0.2) is 27.1 Å². The number of thioether (sulfide) groups is 1. The molecule has 1 atom stereocenters. The molecule has 0 spiro atoms. The number of Topliss-reactive ketones (excluding diaryl/α,β-unsaturated/α-hetero) is 1. The summed E-state index contributed by atoms with van der Waals surface area (Å²) in [7, 11) is 0. The summed E-state index contributed by atoms with van der Waals surface area (Å²) in [4.78, 5) is 23.6. The number of anilines is 1. The van der Waals surface area contributed by atoms with E-state index in [-0.39, 0.29) is 16.9 Å². The lowest BCUT2D eigenvalue weighted by atomic mass is 9.89. The highest BCUT2D eigenvalue weighted by Gasteiger charge is 2.24. The third-order valence-corrected chi connectivity index (χ3v) is 5.45. The summed E-state index contributed by atoms with van der Waals surface area (Å²) in [5.41, 5.74) is 1.26. The van der Waals surface area contributed by atoms with Crippen LogP contribution in [-0.2, 0) is 4.79 Å². The van der Waals surface area contributed by atoms with Crippen molar-refractivity contribution in [1.29, 1.82) is 0 Å². The summed E-state index contributed by atoms with van der Waals surface area (Å²) < 4.78 is 5.78. The Bertz CT molecular complexity index is 767. The molecule has 1 aliphatic rings. The highest BCUT2D eigenvalue weighted by atomic mass is 32.2. The van der Waals surface area contributed by atoms with Crippen LogP contribution in [0.25, 0.3) is 0 Å². The number of carbonyl (C=O) groups is 2. The van der Waals surface area contributed by atoms with Gasteiger partial charge >= 0.3 is 0 Å². The maximum Gasteiger partial charge on any atom is 0.277 e. The minimum absolute atomic E-state index is 0.0122. The Morgan fingerprint density at radius 3 is 2.50 bits per heavy atom. The van der Waals surface area contributed by atoms with Crippen molar-refractivity contribution in [2.24, 2.45) is 0 Å². The van der Waals surface area contributed by atoms with Gasteiger partial charge in [-0.05, 0) is 44.0 Å². The second-order valence-electron chi connectivity index (χ2n) is 6.62. The summed E-state index contributed by atoms with van der Waals surface area (Å²) in [5, 5.41) is 11.1. The van der Waals surface area contributed by atoms with E-state index in [1.807, 2.05) is 6.92 Å². The topological polar surface area (TPSA) is 85.1 Å². The molecule has 0 saturated heterocycles. The fourth-order valence-corrected chi connectivity index (χ4v) is 3.91. The van der Waals surface area contributed by atoms with Crippen LogP contribution in [0.5, 0.6) is 0 Å². The number of rotatable bonds is 6. The van der Waals surface area contributed by atoms with Gasteiger partial charge in [-0.1, -0.05) is 31.0 Å². The molecule has 1 saturated carbocycles. The van der Waals surface area contributed by atoms with Gasteiger partial charge in [0, 0.05) is 24.1 Å². The molecule has 2 aromatic rings. The van der Waals surface area contributed by atoms with Crippen LogP contribution in [0.15, 0.2) is 33.9 Å². The molecule has 26 heavy (non-hydrogen) atoms. The number of amides is 1. The third-order valence-electron chi connectivity index (χ3n) is 4.51. The zero-order chi connectivity index (χ0) is 18.5. The smallest absolute Gasteiger partial charge is 0.277 e. The van der Waals surface area contributed by atoms with Crippen molar-refractivity contribution in [1.82, 2.24) is 10.2 Å². The largest absolute Gasteiger partial charge is 0.416 e. The Morgan fingerprint density at radius 2 is 1.85 bits per heavy atom. The predicted molar refractivity (Wildman–Crippen MR) is 101 cm³/mol. The van der Waals surface area contributed by atoms with E-state index in [0.29, 0.717) is 28.3 Å². The van der Waals surface area contributed by atoms with Crippen LogP contribution in [0.4, 0.5) is 5.69 Å². The van der Waals surface area contributed by atoms with E-state index in [0.717, 1.165) is 12.8 Å². The number of ketones is 1. The Hall–Kier alpha value is -2.15. The maximum absolute atomic E-state index is 12.6. The lowest BCUT2D eigenvalue weighted by Gasteiger charge is -2.17. The highest BCUT2D eigenvalue weighted by molar-refractivity contribution is 8.00. The van der Waals surface area contributed by atoms with Gasteiger partial charge in [-0.25, -0.2) is 0 Å². The van der Waals surface area contributed by atoms with Gasteiger partial charge in [0.15, 0.2) is 5.78 Å². The molecule has 1 unspecified atom stereocenters. The molecular weight excluding hydrogens is 350 g/mol. The van der Waals surface area contributed by atoms with E-state index < -0.39 is 0 Å². The summed E-state index contributed by atoms with van der Waals surface area (Å²) in [5.74, 6) is 0.907. The lowest BCUT2D eigenvalue weighted by molar-refractivity contribution is -0.114. The van der Waals surface area contributed by atoms with Gasteiger partial charge in [-0.3, -0.25) is 9.59 Å². The van der Waals surface area contributed by atoms with E-state index in [2.05, 4.69) is 15.5 Å². The molecule has 1 N–H and O–H groups in total. The first-order valence-electron chi connectivity index (χ1n) is 8.95. The number of benzene rings is 1. The minimum atomic E-state index is -0.332. The maximum atomic E-state index is 12.6. The Kier molecular flexibility index (Phi) is 6.08. The summed E-state index contributed by atoms with van der Waals surface area (Å²) in [6, 6.07) is 6.87. The van der Waals surface area contributed by atoms with Crippen molar-refractivity contribution >= 4 is 29.1 Å². The Morgan fingerprint density at radius 1 is 1.15 bits per heavy atom. The summed E-state index contributed by atoms with van der Waals surface area (Å²) in [6.45, 7) is 3.28. The summed E-state index contributed by atoms with van der Waals surface area (Å²) in [6.07, 6.45) is 5.89. The number of carbonyl (C=O) groups excluding carboxylic acids is 2. The fourth-order valence-electron chi connectivity index (χ4n) is 3.14. The van der Waals surface area contributed by atoms with Crippen molar-refractivity contribution in [2.75, 3.05) is 5.32 Å². The molecule has 6 nitrogen and oxygen atoms in total. The van der Waals surface area contributed by atoms with Crippen LogP contribution >= 0.6 is 11.8 Å². The van der Waals surface area contributed by atoms with Crippen molar-refractivity contribution in [3.63, 3.8) is 0 Å². The van der Waals surface area contributed by atoms with Crippen molar-refractivity contribution < 1.29 is 14.0 Å². The average molecular weight is 373 g/mol. The molecule has 1 heterocycles. The second-order valence-corrected chi connectivity index (χ2v) is 7.92. The Labute approximate surface area is 157 Å². The van der Waals surface area contributed by atoms with Gasteiger partial charge in [-0.2, -0.15) is 0 Å². The molecule has 0 bridgehead atoms. The second kappa shape index (κ2) is 8.49. The third kappa shape index (κ3) is 4.72. The highest BCUT2D eigenvalue weighted by Crippen LogP contribution is 2.34. The van der Waals surface area contributed by atoms with Gasteiger partial charge in [0.25, 0.3) is 5.22 Å². The van der Waals surface area contributed by atoms with Gasteiger partial charge in [-0.15, -0.1) is 10.2 Å². The number of hydrogen-bond donors (Lipinski definition) is 1. The Balaban J connectivity index is 1.60. The van der Waals surface area contributed by atoms with Gasteiger partial charge in [0.2, 0.25) is 11.8 Å². The zero-order valence-electron chi connectivity index (χ0n) is 15.0. The fraction of sp³-hybridized carbons (Fsp3) is 0.474. The molecule has 1 aliphatic carbocycles. The molecular formula is C19H23N3O3S. The quantitative estimate of drug-likeness (QED) is 0.595. The molecule has 7 heteroatoms. The van der Waals surface area contributed by atoms with Crippen molar-refractivity contribution in [3.05, 3.63) is 35.7 Å². The molecule has 1 aromatic heterocycles. The molecule has 138 valence electrons. The number of nitrogens with one attached hydrogen (secondary N) is 1. The number of hydrogen-bond acceptors (Lipinski definition) is 6. The van der Waals surface area contributed by atoms with Crippen LogP contribution in [0, 0.1) is 0 Å².